The van der Waals surface area contributed by atoms with Crippen LogP contribution in [0.5, 0.6) is 0 Å². The molecule has 2 bridgehead atoms. The normalized spacial score (nSPS) is 44.3. The van der Waals surface area contributed by atoms with Crippen molar-refractivity contribution in [1.29, 1.82) is 0 Å². The van der Waals surface area contributed by atoms with Gasteiger partial charge in [0, 0.05) is 18.8 Å². The van der Waals surface area contributed by atoms with Gasteiger partial charge in [0.1, 0.15) is 17.3 Å². The second-order valence-corrected chi connectivity index (χ2v) is 9.64. The van der Waals surface area contributed by atoms with Crippen LogP contribution in [-0.4, -0.2) is 43.2 Å². The van der Waals surface area contributed by atoms with Crippen LogP contribution in [-0.2, 0) is 30.2 Å². The third-order valence-corrected chi connectivity index (χ3v) is 8.81. The molecule has 7 heteroatoms. The number of furan rings is 1. The predicted octanol–water partition coefficient (Wildman–Crippen LogP) is 2.80. The molecule has 30 heavy (non-hydrogen) atoms. The highest BCUT2D eigenvalue weighted by Gasteiger charge is 2.73. The number of carbonyl (C=O) groups is 2. The Labute approximate surface area is 176 Å². The van der Waals surface area contributed by atoms with Crippen LogP contribution in [0.1, 0.15) is 56.8 Å². The van der Waals surface area contributed by atoms with Gasteiger partial charge in [-0.05, 0) is 61.0 Å². The molecule has 2 saturated carbocycles. The van der Waals surface area contributed by atoms with E-state index in [9.17, 15) is 14.7 Å². The molecule has 1 aliphatic heterocycles. The zero-order valence-corrected chi connectivity index (χ0v) is 17.8. The van der Waals surface area contributed by atoms with Gasteiger partial charge in [0.05, 0.1) is 20.0 Å². The molecule has 1 aromatic rings. The Balaban J connectivity index is 1.63. The van der Waals surface area contributed by atoms with Crippen molar-refractivity contribution in [3.63, 3.8) is 0 Å². The van der Waals surface area contributed by atoms with Gasteiger partial charge in [-0.3, -0.25) is 9.59 Å². The number of aliphatic hydroxyl groups excluding tert-OH is 1. The Morgan fingerprint density at radius 2 is 2.07 bits per heavy atom. The van der Waals surface area contributed by atoms with Crippen molar-refractivity contribution in [2.75, 3.05) is 13.7 Å². The molecular formula is C23H30O7. The smallest absolute Gasteiger partial charge is 0.318 e. The van der Waals surface area contributed by atoms with E-state index in [1.807, 2.05) is 0 Å². The van der Waals surface area contributed by atoms with Gasteiger partial charge in [-0.1, -0.05) is 6.92 Å². The summed E-state index contributed by atoms with van der Waals surface area (Å²) in [7, 11) is 1.37. The largest absolute Gasteiger partial charge is 0.469 e. The lowest BCUT2D eigenvalue weighted by Gasteiger charge is -2.67. The summed E-state index contributed by atoms with van der Waals surface area (Å²) in [6.45, 7) is 3.60. The summed E-state index contributed by atoms with van der Waals surface area (Å²) in [5, 5.41) is 11.3. The van der Waals surface area contributed by atoms with Crippen molar-refractivity contribution in [2.45, 2.75) is 64.3 Å². The first-order valence-corrected chi connectivity index (χ1v) is 11.0. The van der Waals surface area contributed by atoms with Crippen LogP contribution in [0.3, 0.4) is 0 Å². The van der Waals surface area contributed by atoms with Crippen molar-refractivity contribution in [3.05, 3.63) is 23.7 Å². The van der Waals surface area contributed by atoms with Gasteiger partial charge >= 0.3 is 11.9 Å². The predicted molar refractivity (Wildman–Crippen MR) is 104 cm³/mol. The number of methoxy groups -OCH3 is 1. The average molecular weight is 418 g/mol. The fraction of sp³-hybridized carbons (Fsp3) is 0.739. The molecule has 0 aromatic carbocycles. The van der Waals surface area contributed by atoms with Crippen molar-refractivity contribution in [2.24, 2.45) is 28.6 Å². The zero-order chi connectivity index (χ0) is 21.3. The highest BCUT2D eigenvalue weighted by atomic mass is 16.6. The van der Waals surface area contributed by atoms with Crippen LogP contribution in [0.2, 0.25) is 0 Å². The van der Waals surface area contributed by atoms with E-state index in [1.54, 1.807) is 6.26 Å². The number of hydrogen-bond acceptors (Lipinski definition) is 7. The molecule has 0 spiro atoms. The van der Waals surface area contributed by atoms with Crippen molar-refractivity contribution in [1.82, 2.24) is 0 Å². The molecule has 7 nitrogen and oxygen atoms in total. The third kappa shape index (κ3) is 2.39. The fourth-order valence-corrected chi connectivity index (χ4v) is 7.67. The molecule has 8 atom stereocenters. The number of hydrogen-bond donors (Lipinski definition) is 1. The molecule has 4 aliphatic rings. The molecule has 5 rings (SSSR count). The Morgan fingerprint density at radius 1 is 1.27 bits per heavy atom. The second kappa shape index (κ2) is 6.82. The van der Waals surface area contributed by atoms with Gasteiger partial charge in [0.2, 0.25) is 0 Å². The number of rotatable bonds is 2. The quantitative estimate of drug-likeness (QED) is 0.738. The van der Waals surface area contributed by atoms with E-state index in [2.05, 4.69) is 13.0 Å². The highest BCUT2D eigenvalue weighted by Crippen LogP contribution is 2.69. The Kier molecular flexibility index (Phi) is 4.56. The van der Waals surface area contributed by atoms with Gasteiger partial charge in [0.25, 0.3) is 0 Å². The van der Waals surface area contributed by atoms with Crippen LogP contribution >= 0.6 is 0 Å². The summed E-state index contributed by atoms with van der Waals surface area (Å²) in [5.74, 6) is 0.802. The minimum atomic E-state index is -1.09. The summed E-state index contributed by atoms with van der Waals surface area (Å²) in [4.78, 5) is 25.1. The summed E-state index contributed by atoms with van der Waals surface area (Å²) < 4.78 is 22.7. The van der Waals surface area contributed by atoms with E-state index >= 15 is 0 Å². The van der Waals surface area contributed by atoms with E-state index in [-0.39, 0.29) is 18.4 Å². The Bertz CT molecular complexity index is 861. The van der Waals surface area contributed by atoms with Gasteiger partial charge in [-0.25, -0.2) is 0 Å². The van der Waals surface area contributed by atoms with Crippen LogP contribution in [0.15, 0.2) is 16.7 Å². The Hall–Kier alpha value is -1.86. The standard InChI is InChI=1S/C23H30O7/c1-12-14-4-5-18-22(16(14)10-17-15(12)7-9-28-17)8-6-19(30-13(2)24)23(18,20(25)27-3)11-29-21(22)26/h7,9,12,14,16,18-19,21,26H,4-6,8,10-11H2,1-3H3. The fourth-order valence-electron chi connectivity index (χ4n) is 7.67. The number of aliphatic hydroxyl groups is 1. The van der Waals surface area contributed by atoms with E-state index in [0.29, 0.717) is 24.7 Å². The van der Waals surface area contributed by atoms with Crippen LogP contribution in [0.25, 0.3) is 0 Å². The summed E-state index contributed by atoms with van der Waals surface area (Å²) in [5.41, 5.74) is -0.425. The van der Waals surface area contributed by atoms with Gasteiger partial charge in [-0.15, -0.1) is 0 Å². The van der Waals surface area contributed by atoms with Gasteiger partial charge in [-0.2, -0.15) is 0 Å². The minimum absolute atomic E-state index is 0.00411. The molecule has 164 valence electrons. The number of ether oxygens (including phenoxy) is 3. The molecule has 3 aliphatic carbocycles. The summed E-state index contributed by atoms with van der Waals surface area (Å²) in [6.07, 6.45) is 3.77. The lowest BCUT2D eigenvalue weighted by molar-refractivity contribution is -0.335. The zero-order valence-electron chi connectivity index (χ0n) is 17.8. The SMILES string of the molecule is COC(=O)C12COC(O)C3(CCC1OC(C)=O)C1Cc4occc4C(C)C1CCC23. The molecule has 8 unspecified atom stereocenters. The van der Waals surface area contributed by atoms with Gasteiger partial charge in [0.15, 0.2) is 6.29 Å². The van der Waals surface area contributed by atoms with Crippen LogP contribution < -0.4 is 0 Å². The highest BCUT2D eigenvalue weighted by molar-refractivity contribution is 5.80. The maximum atomic E-state index is 13.2. The number of fused-ring (bicyclic) bond motifs is 2. The lowest BCUT2D eigenvalue weighted by Crippen LogP contribution is -2.72. The summed E-state index contributed by atoms with van der Waals surface area (Å²) in [6, 6.07) is 2.06. The van der Waals surface area contributed by atoms with E-state index in [4.69, 9.17) is 18.6 Å². The second-order valence-electron chi connectivity index (χ2n) is 9.64. The first-order chi connectivity index (χ1) is 14.4. The molecule has 0 radical (unpaired) electrons. The molecule has 1 N–H and O–H groups in total. The van der Waals surface area contributed by atoms with Crippen molar-refractivity contribution in [3.8, 4) is 0 Å². The lowest BCUT2D eigenvalue weighted by atomic mass is 9.40. The number of carbonyl (C=O) groups excluding carboxylic acids is 2. The number of esters is 2. The molecule has 0 amide bonds. The van der Waals surface area contributed by atoms with Crippen LogP contribution in [0.4, 0.5) is 0 Å². The Morgan fingerprint density at radius 3 is 2.80 bits per heavy atom. The maximum absolute atomic E-state index is 13.2. The monoisotopic (exact) mass is 418 g/mol. The maximum Gasteiger partial charge on any atom is 0.318 e. The molecular weight excluding hydrogens is 388 g/mol. The van der Waals surface area contributed by atoms with Gasteiger partial charge < -0.3 is 23.7 Å². The van der Waals surface area contributed by atoms with Crippen molar-refractivity contribution < 1.29 is 33.3 Å². The van der Waals surface area contributed by atoms with E-state index in [1.165, 1.54) is 19.6 Å². The van der Waals surface area contributed by atoms with E-state index in [0.717, 1.165) is 25.0 Å². The van der Waals surface area contributed by atoms with E-state index < -0.39 is 35.2 Å². The van der Waals surface area contributed by atoms with Crippen LogP contribution in [0, 0.1) is 28.6 Å². The third-order valence-electron chi connectivity index (χ3n) is 8.81. The molecule has 1 aromatic heterocycles. The first kappa shape index (κ1) is 20.1. The molecule has 1 saturated heterocycles. The average Bonchev–Trinajstić information content (AvgIpc) is 3.20. The topological polar surface area (TPSA) is 95.2 Å². The van der Waals surface area contributed by atoms with Crippen molar-refractivity contribution >= 4 is 11.9 Å². The molecule has 2 heterocycles. The molecule has 3 fully saturated rings. The first-order valence-electron chi connectivity index (χ1n) is 11.0. The minimum Gasteiger partial charge on any atom is -0.469 e. The summed E-state index contributed by atoms with van der Waals surface area (Å²) >= 11 is 0.